The molecule has 36 heavy (non-hydrogen) atoms. The molecule has 0 spiro atoms. The number of amides is 1. The lowest BCUT2D eigenvalue weighted by molar-refractivity contribution is -0.137. The molecule has 0 aliphatic carbocycles. The molecular formula is C25H21F3N2O5S. The summed E-state index contributed by atoms with van der Waals surface area (Å²) in [7, 11) is 1.23. The van der Waals surface area contributed by atoms with Crippen LogP contribution in [0.25, 0.3) is 6.08 Å². The van der Waals surface area contributed by atoms with Crippen LogP contribution in [-0.2, 0) is 22.3 Å². The number of benzene rings is 1. The van der Waals surface area contributed by atoms with Crippen molar-refractivity contribution in [2.45, 2.75) is 32.5 Å². The van der Waals surface area contributed by atoms with Crippen LogP contribution >= 0.6 is 11.3 Å². The topological polar surface area (TPSA) is 102 Å². The van der Waals surface area contributed by atoms with Crippen molar-refractivity contribution in [2.75, 3.05) is 12.4 Å². The van der Waals surface area contributed by atoms with E-state index in [1.165, 1.54) is 48.8 Å². The van der Waals surface area contributed by atoms with Gasteiger partial charge in [-0.3, -0.25) is 4.79 Å². The highest BCUT2D eigenvalue weighted by Gasteiger charge is 2.30. The summed E-state index contributed by atoms with van der Waals surface area (Å²) in [5, 5.41) is 12.3. The van der Waals surface area contributed by atoms with Gasteiger partial charge in [0.25, 0.3) is 5.91 Å². The summed E-state index contributed by atoms with van der Waals surface area (Å²) in [4.78, 5) is 25.7. The molecule has 0 aliphatic rings. The van der Waals surface area contributed by atoms with Crippen molar-refractivity contribution < 1.29 is 36.7 Å². The Hall–Kier alpha value is -4.04. The van der Waals surface area contributed by atoms with E-state index in [9.17, 15) is 28.0 Å². The zero-order valence-corrected chi connectivity index (χ0v) is 20.3. The van der Waals surface area contributed by atoms with Crippen LogP contribution in [0.15, 0.2) is 52.5 Å². The van der Waals surface area contributed by atoms with Crippen molar-refractivity contribution in [3.05, 3.63) is 75.6 Å². The van der Waals surface area contributed by atoms with Crippen LogP contribution < -0.4 is 10.1 Å². The lowest BCUT2D eigenvalue weighted by Crippen LogP contribution is -2.15. The van der Waals surface area contributed by atoms with Crippen LogP contribution in [0.1, 0.15) is 52.1 Å². The van der Waals surface area contributed by atoms with Gasteiger partial charge in [0.05, 0.1) is 18.2 Å². The molecular weight excluding hydrogens is 497 g/mol. The zero-order valence-electron chi connectivity index (χ0n) is 19.4. The Kier molecular flexibility index (Phi) is 8.22. The minimum absolute atomic E-state index is 0.00790. The Balaban J connectivity index is 1.72. The largest absolute Gasteiger partial charge is 0.486 e. The molecule has 3 rings (SSSR count). The molecule has 0 saturated carbocycles. The number of hydrogen-bond donors (Lipinski definition) is 1. The number of esters is 1. The fourth-order valence-electron chi connectivity index (χ4n) is 2.98. The molecule has 1 amide bonds. The first kappa shape index (κ1) is 26.6. The first-order chi connectivity index (χ1) is 17.0. The van der Waals surface area contributed by atoms with E-state index < -0.39 is 23.6 Å². The molecule has 0 fully saturated rings. The van der Waals surface area contributed by atoms with Crippen LogP contribution in [0, 0.1) is 11.3 Å². The number of thiophene rings is 1. The first-order valence-corrected chi connectivity index (χ1v) is 11.4. The van der Waals surface area contributed by atoms with Crippen molar-refractivity contribution in [3.63, 3.8) is 0 Å². The van der Waals surface area contributed by atoms with Gasteiger partial charge in [0.2, 0.25) is 0 Å². The van der Waals surface area contributed by atoms with Crippen molar-refractivity contribution in [2.24, 2.45) is 0 Å². The SMILES string of the molecule is COC(=O)c1cc(C(C)C)sc1NC(=O)C(C#N)=Cc1ccc(COc2cccc(C(F)(F)F)c2)o1. The number of hydrogen-bond acceptors (Lipinski definition) is 7. The Morgan fingerprint density at radius 2 is 1.97 bits per heavy atom. The van der Waals surface area contributed by atoms with Gasteiger partial charge in [-0.2, -0.15) is 18.4 Å². The number of nitrogens with zero attached hydrogens (tertiary/aromatic N) is 1. The summed E-state index contributed by atoms with van der Waals surface area (Å²) >= 11 is 1.21. The fraction of sp³-hybridized carbons (Fsp3) is 0.240. The summed E-state index contributed by atoms with van der Waals surface area (Å²) in [6.45, 7) is 3.70. The van der Waals surface area contributed by atoms with Crippen molar-refractivity contribution in [1.82, 2.24) is 0 Å². The number of nitriles is 1. The molecule has 11 heteroatoms. The third-order valence-electron chi connectivity index (χ3n) is 4.83. The zero-order chi connectivity index (χ0) is 26.5. The van der Waals surface area contributed by atoms with Crippen molar-refractivity contribution in [1.29, 1.82) is 5.26 Å². The molecule has 0 saturated heterocycles. The molecule has 0 aliphatic heterocycles. The van der Waals surface area contributed by atoms with Crippen LogP contribution in [0.4, 0.5) is 18.2 Å². The van der Waals surface area contributed by atoms with Gasteiger partial charge in [-0.05, 0) is 42.3 Å². The number of rotatable bonds is 8. The molecule has 0 radical (unpaired) electrons. The molecule has 0 bridgehead atoms. The van der Waals surface area contributed by atoms with Crippen molar-refractivity contribution in [3.8, 4) is 11.8 Å². The minimum atomic E-state index is -4.49. The van der Waals surface area contributed by atoms with Gasteiger partial charge >= 0.3 is 12.1 Å². The monoisotopic (exact) mass is 518 g/mol. The van der Waals surface area contributed by atoms with Gasteiger partial charge in [-0.25, -0.2) is 4.79 Å². The summed E-state index contributed by atoms with van der Waals surface area (Å²) in [5.74, 6) is -0.829. The Bertz CT molecular complexity index is 1330. The number of ether oxygens (including phenoxy) is 2. The third kappa shape index (κ3) is 6.55. The van der Waals surface area contributed by atoms with Gasteiger partial charge in [0, 0.05) is 11.0 Å². The van der Waals surface area contributed by atoms with Crippen LogP contribution in [-0.4, -0.2) is 19.0 Å². The van der Waals surface area contributed by atoms with E-state index in [0.29, 0.717) is 0 Å². The Morgan fingerprint density at radius 1 is 1.22 bits per heavy atom. The van der Waals surface area contributed by atoms with E-state index in [2.05, 4.69) is 5.32 Å². The van der Waals surface area contributed by atoms with Crippen LogP contribution in [0.5, 0.6) is 5.75 Å². The quantitative estimate of drug-likeness (QED) is 0.211. The van der Waals surface area contributed by atoms with E-state index >= 15 is 0 Å². The molecule has 1 aromatic carbocycles. The average molecular weight is 519 g/mol. The lowest BCUT2D eigenvalue weighted by atomic mass is 10.1. The summed E-state index contributed by atoms with van der Waals surface area (Å²) in [5.41, 5.74) is -0.941. The van der Waals surface area contributed by atoms with Gasteiger partial charge in [-0.15, -0.1) is 11.3 Å². The summed E-state index contributed by atoms with van der Waals surface area (Å²) in [6, 6.07) is 10.8. The van der Waals surface area contributed by atoms with Crippen LogP contribution in [0.3, 0.4) is 0 Å². The van der Waals surface area contributed by atoms with Gasteiger partial charge in [0.15, 0.2) is 0 Å². The maximum Gasteiger partial charge on any atom is 0.416 e. The van der Waals surface area contributed by atoms with E-state index in [1.54, 1.807) is 12.1 Å². The van der Waals surface area contributed by atoms with Crippen LogP contribution in [0.2, 0.25) is 0 Å². The predicted molar refractivity (Wildman–Crippen MR) is 126 cm³/mol. The lowest BCUT2D eigenvalue weighted by Gasteiger charge is -2.09. The number of methoxy groups -OCH3 is 1. The minimum Gasteiger partial charge on any atom is -0.486 e. The number of furan rings is 1. The maximum atomic E-state index is 12.8. The number of halogens is 3. The smallest absolute Gasteiger partial charge is 0.416 e. The number of carbonyl (C=O) groups excluding carboxylic acids is 2. The Labute approximate surface area is 208 Å². The molecule has 3 aromatic rings. The molecule has 188 valence electrons. The molecule has 7 nitrogen and oxygen atoms in total. The van der Waals surface area contributed by atoms with E-state index in [1.807, 2.05) is 13.8 Å². The molecule has 0 atom stereocenters. The van der Waals surface area contributed by atoms with Crippen molar-refractivity contribution >= 4 is 34.3 Å². The number of nitrogens with one attached hydrogen (secondary N) is 1. The number of alkyl halides is 3. The standard InChI is InChI=1S/C25H21F3N2O5S/c1-14(2)21-11-20(24(32)33-3)23(36-21)30-22(31)15(12-29)9-18-7-8-19(35-18)13-34-17-6-4-5-16(10-17)25(26,27)28/h4-11,14H,13H2,1-3H3,(H,30,31). The normalized spacial score (nSPS) is 11.8. The van der Waals surface area contributed by atoms with Gasteiger partial charge in [-0.1, -0.05) is 19.9 Å². The second-order valence-corrected chi connectivity index (χ2v) is 8.86. The number of carbonyl (C=O) groups is 2. The average Bonchev–Trinajstić information content (AvgIpc) is 3.47. The van der Waals surface area contributed by atoms with E-state index in [-0.39, 0.29) is 45.9 Å². The second kappa shape index (κ2) is 11.1. The molecule has 0 unspecified atom stereocenters. The van der Waals surface area contributed by atoms with E-state index in [0.717, 1.165) is 17.0 Å². The van der Waals surface area contributed by atoms with E-state index in [4.69, 9.17) is 13.9 Å². The highest BCUT2D eigenvalue weighted by atomic mass is 32.1. The molecule has 2 heterocycles. The fourth-order valence-corrected chi connectivity index (χ4v) is 4.02. The summed E-state index contributed by atoms with van der Waals surface area (Å²) < 4.78 is 54.2. The molecule has 2 aromatic heterocycles. The van der Waals surface area contributed by atoms with Gasteiger partial charge in [0.1, 0.15) is 40.5 Å². The second-order valence-electron chi connectivity index (χ2n) is 7.78. The Morgan fingerprint density at radius 3 is 2.61 bits per heavy atom. The highest BCUT2D eigenvalue weighted by Crippen LogP contribution is 2.34. The maximum absolute atomic E-state index is 12.8. The molecule has 1 N–H and O–H groups in total. The first-order valence-electron chi connectivity index (χ1n) is 10.6. The number of anilines is 1. The highest BCUT2D eigenvalue weighted by molar-refractivity contribution is 7.16. The summed E-state index contributed by atoms with van der Waals surface area (Å²) in [6.07, 6.45) is -3.29. The predicted octanol–water partition coefficient (Wildman–Crippen LogP) is 6.39. The van der Waals surface area contributed by atoms with Gasteiger partial charge < -0.3 is 19.2 Å². The third-order valence-corrected chi connectivity index (χ3v) is 6.18.